The molecule has 2 fully saturated rings. The van der Waals surface area contributed by atoms with E-state index in [4.69, 9.17) is 11.6 Å². The Morgan fingerprint density at radius 2 is 1.93 bits per heavy atom. The van der Waals surface area contributed by atoms with Crippen molar-refractivity contribution in [2.45, 2.75) is 38.3 Å². The van der Waals surface area contributed by atoms with Gasteiger partial charge in [0.2, 0.25) is 5.65 Å². The standard InChI is InChI=1S/C23H23ClN4O2/c1-2-11-28-19(16-5-3-4-6-17(16)24)13-27-12-18(25-21(27)23(28)30)22(29)26-20(14-7-8-14)15-9-10-15/h2-6,12-15,20H,1,7-11H2,(H,26,29). The first-order valence-corrected chi connectivity index (χ1v) is 10.7. The third kappa shape index (κ3) is 3.45. The van der Waals surface area contributed by atoms with Crippen LogP contribution in [0.4, 0.5) is 0 Å². The molecule has 0 saturated heterocycles. The molecule has 0 radical (unpaired) electrons. The van der Waals surface area contributed by atoms with Gasteiger partial charge in [-0.15, -0.1) is 6.58 Å². The van der Waals surface area contributed by atoms with Gasteiger partial charge in [0.25, 0.3) is 11.5 Å². The quantitative estimate of drug-likeness (QED) is 0.587. The maximum absolute atomic E-state index is 13.2. The van der Waals surface area contributed by atoms with E-state index in [0.29, 0.717) is 29.1 Å². The molecule has 0 spiro atoms. The second-order valence-corrected chi connectivity index (χ2v) is 8.64. The van der Waals surface area contributed by atoms with E-state index < -0.39 is 0 Å². The molecule has 7 heteroatoms. The van der Waals surface area contributed by atoms with Crippen LogP contribution in [0.5, 0.6) is 0 Å². The molecule has 1 aromatic carbocycles. The fourth-order valence-electron chi connectivity index (χ4n) is 4.14. The normalized spacial score (nSPS) is 16.2. The average molecular weight is 423 g/mol. The van der Waals surface area contributed by atoms with Gasteiger partial charge in [0.1, 0.15) is 5.69 Å². The van der Waals surface area contributed by atoms with Gasteiger partial charge in [-0.05, 0) is 43.6 Å². The number of nitrogens with zero attached hydrogens (tertiary/aromatic N) is 3. The first-order chi connectivity index (χ1) is 14.6. The zero-order chi connectivity index (χ0) is 20.8. The van der Waals surface area contributed by atoms with Crippen molar-refractivity contribution in [1.82, 2.24) is 19.3 Å². The Kier molecular flexibility index (Phi) is 4.74. The highest BCUT2D eigenvalue weighted by Gasteiger charge is 2.42. The molecule has 1 N–H and O–H groups in total. The molecule has 30 heavy (non-hydrogen) atoms. The number of carbonyl (C=O) groups is 1. The van der Waals surface area contributed by atoms with E-state index in [-0.39, 0.29) is 28.8 Å². The van der Waals surface area contributed by atoms with Gasteiger partial charge in [0, 0.05) is 35.6 Å². The largest absolute Gasteiger partial charge is 0.347 e. The van der Waals surface area contributed by atoms with Gasteiger partial charge in [-0.2, -0.15) is 0 Å². The molecule has 2 heterocycles. The minimum Gasteiger partial charge on any atom is -0.347 e. The van der Waals surface area contributed by atoms with E-state index in [2.05, 4.69) is 16.9 Å². The number of hydrogen-bond donors (Lipinski definition) is 1. The number of nitrogens with one attached hydrogen (secondary N) is 1. The lowest BCUT2D eigenvalue weighted by atomic mass is 10.1. The molecular formula is C23H23ClN4O2. The number of imidazole rings is 1. The number of allylic oxidation sites excluding steroid dienone is 1. The van der Waals surface area contributed by atoms with E-state index in [1.54, 1.807) is 33.5 Å². The average Bonchev–Trinajstić information content (AvgIpc) is 3.66. The van der Waals surface area contributed by atoms with Crippen LogP contribution in [0.15, 0.2) is 54.1 Å². The molecular weight excluding hydrogens is 400 g/mol. The van der Waals surface area contributed by atoms with Crippen molar-refractivity contribution in [3.05, 3.63) is 70.4 Å². The lowest BCUT2D eigenvalue weighted by Gasteiger charge is -2.16. The van der Waals surface area contributed by atoms with Gasteiger partial charge in [-0.3, -0.25) is 18.6 Å². The molecule has 2 saturated carbocycles. The summed E-state index contributed by atoms with van der Waals surface area (Å²) >= 11 is 6.39. The predicted octanol–water partition coefficient (Wildman–Crippen LogP) is 3.92. The second kappa shape index (κ2) is 7.43. The summed E-state index contributed by atoms with van der Waals surface area (Å²) in [4.78, 5) is 30.4. The van der Waals surface area contributed by atoms with Gasteiger partial charge in [-0.25, -0.2) is 4.98 Å². The highest BCUT2D eigenvalue weighted by atomic mass is 35.5. The Balaban J connectivity index is 1.56. The van der Waals surface area contributed by atoms with Crippen molar-refractivity contribution in [2.24, 2.45) is 11.8 Å². The molecule has 2 aliphatic rings. The predicted molar refractivity (Wildman–Crippen MR) is 117 cm³/mol. The van der Waals surface area contributed by atoms with Gasteiger partial charge >= 0.3 is 0 Å². The number of rotatable bonds is 7. The Labute approximate surface area is 179 Å². The third-order valence-electron chi connectivity index (χ3n) is 5.97. The summed E-state index contributed by atoms with van der Waals surface area (Å²) in [6.07, 6.45) is 9.80. The number of halogens is 1. The molecule has 0 aliphatic heterocycles. The first kappa shape index (κ1) is 19.1. The SMILES string of the molecule is C=CCn1c(-c2ccccc2Cl)cn2cc(C(=O)NC(C3CC3)C3CC3)nc2c1=O. The Bertz CT molecular complexity index is 1190. The molecule has 2 aromatic heterocycles. The fourth-order valence-corrected chi connectivity index (χ4v) is 4.37. The summed E-state index contributed by atoms with van der Waals surface area (Å²) < 4.78 is 3.20. The van der Waals surface area contributed by atoms with E-state index >= 15 is 0 Å². The summed E-state index contributed by atoms with van der Waals surface area (Å²) in [5.74, 6) is 0.974. The maximum Gasteiger partial charge on any atom is 0.295 e. The molecule has 6 nitrogen and oxygen atoms in total. The Hall–Kier alpha value is -2.86. The van der Waals surface area contributed by atoms with Crippen LogP contribution in [-0.2, 0) is 6.54 Å². The fraction of sp³-hybridized carbons (Fsp3) is 0.348. The van der Waals surface area contributed by atoms with Crippen LogP contribution in [0.3, 0.4) is 0 Å². The number of benzene rings is 1. The summed E-state index contributed by atoms with van der Waals surface area (Å²) in [7, 11) is 0. The minimum absolute atomic E-state index is 0.212. The Morgan fingerprint density at radius 3 is 2.57 bits per heavy atom. The van der Waals surface area contributed by atoms with Crippen molar-refractivity contribution in [3.63, 3.8) is 0 Å². The van der Waals surface area contributed by atoms with Crippen molar-refractivity contribution in [1.29, 1.82) is 0 Å². The monoisotopic (exact) mass is 422 g/mol. The first-order valence-electron chi connectivity index (χ1n) is 10.4. The van der Waals surface area contributed by atoms with E-state index in [9.17, 15) is 9.59 Å². The van der Waals surface area contributed by atoms with Crippen LogP contribution >= 0.6 is 11.6 Å². The van der Waals surface area contributed by atoms with Crippen LogP contribution in [0.25, 0.3) is 16.9 Å². The van der Waals surface area contributed by atoms with Crippen molar-refractivity contribution in [3.8, 4) is 11.3 Å². The van der Waals surface area contributed by atoms with Crippen LogP contribution in [0.2, 0.25) is 5.02 Å². The van der Waals surface area contributed by atoms with Crippen molar-refractivity contribution in [2.75, 3.05) is 0 Å². The van der Waals surface area contributed by atoms with E-state index in [1.165, 1.54) is 25.7 Å². The third-order valence-corrected chi connectivity index (χ3v) is 6.30. The highest BCUT2D eigenvalue weighted by molar-refractivity contribution is 6.33. The maximum atomic E-state index is 13.2. The molecule has 1 amide bonds. The summed E-state index contributed by atoms with van der Waals surface area (Å²) in [6.45, 7) is 4.08. The summed E-state index contributed by atoms with van der Waals surface area (Å²) in [6, 6.07) is 7.60. The molecule has 5 rings (SSSR count). The highest BCUT2D eigenvalue weighted by Crippen LogP contribution is 2.44. The number of aromatic nitrogens is 3. The van der Waals surface area contributed by atoms with Gasteiger partial charge < -0.3 is 5.32 Å². The number of amides is 1. The van der Waals surface area contributed by atoms with Crippen LogP contribution in [0.1, 0.15) is 36.2 Å². The zero-order valence-electron chi connectivity index (χ0n) is 16.6. The van der Waals surface area contributed by atoms with Gasteiger partial charge in [-0.1, -0.05) is 35.9 Å². The number of carbonyl (C=O) groups excluding carboxylic acids is 1. The van der Waals surface area contributed by atoms with Crippen molar-refractivity contribution < 1.29 is 4.79 Å². The van der Waals surface area contributed by atoms with Crippen LogP contribution in [-0.4, -0.2) is 25.9 Å². The lowest BCUT2D eigenvalue weighted by molar-refractivity contribution is 0.0922. The van der Waals surface area contributed by atoms with Crippen LogP contribution in [0, 0.1) is 11.8 Å². The number of fused-ring (bicyclic) bond motifs is 1. The molecule has 0 unspecified atom stereocenters. The number of hydrogen-bond acceptors (Lipinski definition) is 3. The van der Waals surface area contributed by atoms with Crippen LogP contribution < -0.4 is 10.9 Å². The molecule has 0 bridgehead atoms. The van der Waals surface area contributed by atoms with Gasteiger partial charge in [0.15, 0.2) is 0 Å². The minimum atomic E-state index is -0.285. The van der Waals surface area contributed by atoms with E-state index in [1.807, 2.05) is 18.2 Å². The topological polar surface area (TPSA) is 68.4 Å². The zero-order valence-corrected chi connectivity index (χ0v) is 17.3. The molecule has 0 atom stereocenters. The van der Waals surface area contributed by atoms with E-state index in [0.717, 1.165) is 5.56 Å². The smallest absolute Gasteiger partial charge is 0.295 e. The molecule has 3 aromatic rings. The van der Waals surface area contributed by atoms with Gasteiger partial charge in [0.05, 0.1) is 5.69 Å². The summed E-state index contributed by atoms with van der Waals surface area (Å²) in [5, 5.41) is 3.72. The molecule has 154 valence electrons. The van der Waals surface area contributed by atoms with Crippen molar-refractivity contribution >= 4 is 23.2 Å². The Morgan fingerprint density at radius 1 is 1.23 bits per heavy atom. The summed E-state index contributed by atoms with van der Waals surface area (Å²) in [5.41, 5.74) is 1.58. The second-order valence-electron chi connectivity index (χ2n) is 8.23. The molecule has 2 aliphatic carbocycles. The lowest BCUT2D eigenvalue weighted by Crippen LogP contribution is -2.38.